The van der Waals surface area contributed by atoms with Crippen molar-refractivity contribution in [3.8, 4) is 6.07 Å². The zero-order valence-corrected chi connectivity index (χ0v) is 13.6. The van der Waals surface area contributed by atoms with E-state index in [1.807, 2.05) is 60.7 Å². The zero-order chi connectivity index (χ0) is 16.2. The Labute approximate surface area is 145 Å². The molecule has 0 fully saturated rings. The summed E-state index contributed by atoms with van der Waals surface area (Å²) in [4.78, 5) is 2.08. The summed E-state index contributed by atoms with van der Waals surface area (Å²) in [7, 11) is 0. The number of rotatable bonds is 3. The lowest BCUT2D eigenvalue weighted by Crippen LogP contribution is -2.09. The van der Waals surface area contributed by atoms with Gasteiger partial charge >= 0.3 is 0 Å². The number of hydrogen-bond acceptors (Lipinski definition) is 2. The van der Waals surface area contributed by atoms with Crippen LogP contribution in [0.5, 0.6) is 0 Å². The van der Waals surface area contributed by atoms with Crippen LogP contribution in [-0.2, 0) is 0 Å². The quantitative estimate of drug-likeness (QED) is 0.557. The number of nitriles is 1. The molecule has 4 heteroatoms. The van der Waals surface area contributed by atoms with Crippen molar-refractivity contribution in [1.29, 1.82) is 5.26 Å². The van der Waals surface area contributed by atoms with Gasteiger partial charge < -0.3 is 4.90 Å². The molecule has 3 aromatic carbocycles. The molecule has 0 saturated heterocycles. The Morgan fingerprint density at radius 2 is 0.957 bits per heavy atom. The fraction of sp³-hybridized carbons (Fsp3) is 0. The van der Waals surface area contributed by atoms with Crippen molar-refractivity contribution in [2.24, 2.45) is 0 Å². The van der Waals surface area contributed by atoms with Crippen LogP contribution in [0.1, 0.15) is 5.56 Å². The Hall–Kier alpha value is -2.47. The van der Waals surface area contributed by atoms with Gasteiger partial charge in [0.05, 0.1) is 11.6 Å². The highest BCUT2D eigenvalue weighted by Crippen LogP contribution is 2.35. The van der Waals surface area contributed by atoms with E-state index in [0.29, 0.717) is 15.6 Å². The summed E-state index contributed by atoms with van der Waals surface area (Å²) in [6.07, 6.45) is 0. The molecule has 0 saturated carbocycles. The van der Waals surface area contributed by atoms with Gasteiger partial charge in [0.15, 0.2) is 0 Å². The van der Waals surface area contributed by atoms with Gasteiger partial charge in [0.25, 0.3) is 0 Å². The standard InChI is InChI=1S/C19H12Cl2N2/c20-15-3-9-18(10-4-15)23(19-11-5-16(21)6-12-19)17-7-1-14(13-22)2-8-17/h1-12H. The topological polar surface area (TPSA) is 27.0 Å². The normalized spacial score (nSPS) is 10.1. The summed E-state index contributed by atoms with van der Waals surface area (Å²) in [5.41, 5.74) is 3.53. The molecule has 0 aliphatic heterocycles. The summed E-state index contributed by atoms with van der Waals surface area (Å²) in [5.74, 6) is 0. The van der Waals surface area contributed by atoms with E-state index in [-0.39, 0.29) is 0 Å². The van der Waals surface area contributed by atoms with E-state index in [4.69, 9.17) is 28.5 Å². The smallest absolute Gasteiger partial charge is 0.0991 e. The molecule has 0 bridgehead atoms. The summed E-state index contributed by atoms with van der Waals surface area (Å²) < 4.78 is 0. The van der Waals surface area contributed by atoms with Crippen molar-refractivity contribution >= 4 is 40.3 Å². The Bertz CT molecular complexity index is 787. The maximum absolute atomic E-state index is 8.97. The Morgan fingerprint density at radius 3 is 1.30 bits per heavy atom. The lowest BCUT2D eigenvalue weighted by atomic mass is 10.1. The highest BCUT2D eigenvalue weighted by Gasteiger charge is 2.12. The lowest BCUT2D eigenvalue weighted by molar-refractivity contribution is 1.28. The number of hydrogen-bond donors (Lipinski definition) is 0. The first-order valence-corrected chi connectivity index (χ1v) is 7.74. The van der Waals surface area contributed by atoms with Gasteiger partial charge in [0.1, 0.15) is 0 Å². The third kappa shape index (κ3) is 3.48. The molecule has 0 unspecified atom stereocenters. The van der Waals surface area contributed by atoms with E-state index < -0.39 is 0 Å². The van der Waals surface area contributed by atoms with E-state index in [0.717, 1.165) is 17.1 Å². The molecule has 2 nitrogen and oxygen atoms in total. The van der Waals surface area contributed by atoms with Gasteiger partial charge in [-0.25, -0.2) is 0 Å². The zero-order valence-electron chi connectivity index (χ0n) is 12.1. The van der Waals surface area contributed by atoms with E-state index in [1.165, 1.54) is 0 Å². The Morgan fingerprint density at radius 1 is 0.609 bits per heavy atom. The molecule has 0 aliphatic rings. The molecule has 3 aromatic rings. The minimum Gasteiger partial charge on any atom is -0.311 e. The van der Waals surface area contributed by atoms with Gasteiger partial charge in [0, 0.05) is 27.1 Å². The maximum atomic E-state index is 8.97. The summed E-state index contributed by atoms with van der Waals surface area (Å²) in [6.45, 7) is 0. The average molecular weight is 339 g/mol. The number of halogens is 2. The SMILES string of the molecule is N#Cc1ccc(N(c2ccc(Cl)cc2)c2ccc(Cl)cc2)cc1. The van der Waals surface area contributed by atoms with E-state index in [2.05, 4.69) is 11.0 Å². The number of nitrogens with zero attached hydrogens (tertiary/aromatic N) is 2. The molecule has 0 aromatic heterocycles. The van der Waals surface area contributed by atoms with Gasteiger partial charge in [-0.3, -0.25) is 0 Å². The third-order valence-corrected chi connectivity index (χ3v) is 3.93. The lowest BCUT2D eigenvalue weighted by Gasteiger charge is -2.25. The van der Waals surface area contributed by atoms with Crippen LogP contribution in [0.15, 0.2) is 72.8 Å². The fourth-order valence-corrected chi connectivity index (χ4v) is 2.56. The first-order valence-electron chi connectivity index (χ1n) is 6.99. The first-order chi connectivity index (χ1) is 11.2. The van der Waals surface area contributed by atoms with Crippen molar-refractivity contribution in [1.82, 2.24) is 0 Å². The van der Waals surface area contributed by atoms with Crippen LogP contribution in [-0.4, -0.2) is 0 Å². The predicted octanol–water partition coefficient (Wildman–Crippen LogP) is 6.33. The van der Waals surface area contributed by atoms with Crippen molar-refractivity contribution in [3.05, 3.63) is 88.4 Å². The van der Waals surface area contributed by atoms with Gasteiger partial charge in [-0.1, -0.05) is 23.2 Å². The fourth-order valence-electron chi connectivity index (χ4n) is 2.31. The van der Waals surface area contributed by atoms with Gasteiger partial charge in [0.2, 0.25) is 0 Å². The first kappa shape index (κ1) is 15.4. The molecule has 112 valence electrons. The van der Waals surface area contributed by atoms with Crippen LogP contribution < -0.4 is 4.90 Å². The third-order valence-electron chi connectivity index (χ3n) is 3.42. The minimum atomic E-state index is 0.626. The van der Waals surface area contributed by atoms with Crippen LogP contribution in [0, 0.1) is 11.3 Å². The molecular formula is C19H12Cl2N2. The van der Waals surface area contributed by atoms with E-state index in [1.54, 1.807) is 12.1 Å². The molecule has 0 heterocycles. The molecule has 0 atom stereocenters. The van der Waals surface area contributed by atoms with Crippen LogP contribution in [0.25, 0.3) is 0 Å². The average Bonchev–Trinajstić information content (AvgIpc) is 2.59. The summed E-state index contributed by atoms with van der Waals surface area (Å²) >= 11 is 12.0. The van der Waals surface area contributed by atoms with Crippen LogP contribution >= 0.6 is 23.2 Å². The van der Waals surface area contributed by atoms with Crippen LogP contribution in [0.4, 0.5) is 17.1 Å². The van der Waals surface area contributed by atoms with Gasteiger partial charge in [-0.15, -0.1) is 0 Å². The second-order valence-electron chi connectivity index (χ2n) is 4.95. The summed E-state index contributed by atoms with van der Waals surface area (Å²) in [5, 5.41) is 10.3. The van der Waals surface area contributed by atoms with E-state index in [9.17, 15) is 0 Å². The van der Waals surface area contributed by atoms with E-state index >= 15 is 0 Å². The van der Waals surface area contributed by atoms with Crippen molar-refractivity contribution < 1.29 is 0 Å². The largest absolute Gasteiger partial charge is 0.311 e. The molecule has 0 radical (unpaired) electrons. The molecule has 23 heavy (non-hydrogen) atoms. The van der Waals surface area contributed by atoms with Crippen molar-refractivity contribution in [2.75, 3.05) is 4.90 Å². The highest BCUT2D eigenvalue weighted by molar-refractivity contribution is 6.31. The second-order valence-corrected chi connectivity index (χ2v) is 5.82. The molecule has 0 amide bonds. The molecule has 0 spiro atoms. The van der Waals surface area contributed by atoms with Gasteiger partial charge in [-0.2, -0.15) is 5.26 Å². The van der Waals surface area contributed by atoms with Crippen molar-refractivity contribution in [2.45, 2.75) is 0 Å². The monoisotopic (exact) mass is 338 g/mol. The molecular weight excluding hydrogens is 327 g/mol. The van der Waals surface area contributed by atoms with Gasteiger partial charge in [-0.05, 0) is 72.8 Å². The number of benzene rings is 3. The molecule has 0 N–H and O–H groups in total. The summed E-state index contributed by atoms with van der Waals surface area (Å²) in [6, 6.07) is 24.8. The maximum Gasteiger partial charge on any atom is 0.0991 e. The number of anilines is 3. The minimum absolute atomic E-state index is 0.626. The van der Waals surface area contributed by atoms with Crippen molar-refractivity contribution in [3.63, 3.8) is 0 Å². The molecule has 3 rings (SSSR count). The van der Waals surface area contributed by atoms with Crippen LogP contribution in [0.3, 0.4) is 0 Å². The predicted molar refractivity (Wildman–Crippen MR) is 95.9 cm³/mol. The Balaban J connectivity index is 2.10. The van der Waals surface area contributed by atoms with Crippen LogP contribution in [0.2, 0.25) is 10.0 Å². The Kier molecular flexibility index (Phi) is 4.52. The highest BCUT2D eigenvalue weighted by atomic mass is 35.5. The molecule has 0 aliphatic carbocycles. The second kappa shape index (κ2) is 6.75.